The largest absolute Gasteiger partial charge is 0.481 e. The summed E-state index contributed by atoms with van der Waals surface area (Å²) in [4.78, 5) is 15.9. The van der Waals surface area contributed by atoms with Crippen LogP contribution in [0.15, 0.2) is 47.5 Å². The van der Waals surface area contributed by atoms with Crippen molar-refractivity contribution in [1.82, 2.24) is 4.98 Å². The van der Waals surface area contributed by atoms with Crippen molar-refractivity contribution in [1.29, 1.82) is 0 Å². The molecule has 0 aliphatic rings. The van der Waals surface area contributed by atoms with E-state index in [1.54, 1.807) is 12.1 Å². The summed E-state index contributed by atoms with van der Waals surface area (Å²) in [6.45, 7) is 0. The fourth-order valence-electron chi connectivity index (χ4n) is 1.79. The molecule has 122 valence electrons. The topological polar surface area (TPSA) is 85.4 Å². The molecular formula is C15H15ClN2O4S. The highest BCUT2D eigenvalue weighted by molar-refractivity contribution is 7.91. The van der Waals surface area contributed by atoms with Crippen LogP contribution in [-0.2, 0) is 14.6 Å². The summed E-state index contributed by atoms with van der Waals surface area (Å²) < 4.78 is 29.2. The van der Waals surface area contributed by atoms with E-state index in [9.17, 15) is 13.2 Å². The summed E-state index contributed by atoms with van der Waals surface area (Å²) in [7, 11) is -2.04. The first-order chi connectivity index (χ1) is 10.9. The number of pyridine rings is 1. The molecule has 0 saturated carbocycles. The number of nitrogens with one attached hydrogen (secondary N) is 1. The molecule has 1 aromatic heterocycles. The number of carbonyl (C=O) groups is 1. The van der Waals surface area contributed by atoms with Crippen LogP contribution < -0.4 is 10.1 Å². The number of amides is 1. The second-order valence-electron chi connectivity index (χ2n) is 4.66. The van der Waals surface area contributed by atoms with E-state index in [1.807, 2.05) is 0 Å². The van der Waals surface area contributed by atoms with Gasteiger partial charge in [0.2, 0.25) is 11.8 Å². The maximum absolute atomic E-state index is 12.1. The summed E-state index contributed by atoms with van der Waals surface area (Å²) in [5, 5.41) is 3.04. The Bertz CT molecular complexity index is 774. The van der Waals surface area contributed by atoms with Gasteiger partial charge in [-0.2, -0.15) is 0 Å². The highest BCUT2D eigenvalue weighted by Crippen LogP contribution is 2.16. The van der Waals surface area contributed by atoms with Crippen molar-refractivity contribution in [3.05, 3.63) is 47.6 Å². The van der Waals surface area contributed by atoms with Crippen LogP contribution in [-0.4, -0.2) is 32.2 Å². The van der Waals surface area contributed by atoms with E-state index in [1.165, 1.54) is 37.6 Å². The number of methoxy groups -OCH3 is 1. The number of hydrogen-bond donors (Lipinski definition) is 1. The third-order valence-electron chi connectivity index (χ3n) is 3.00. The van der Waals surface area contributed by atoms with Gasteiger partial charge in [0.15, 0.2) is 9.84 Å². The standard InChI is InChI=1S/C15H15ClN2O4S/c1-22-15-7-4-12(10-17-15)18-14(19)8-9-23(20,21)13-5-2-11(16)3-6-13/h2-7,10H,8-9H2,1H3,(H,18,19). The van der Waals surface area contributed by atoms with E-state index in [-0.39, 0.29) is 17.1 Å². The molecule has 0 saturated heterocycles. The Morgan fingerprint density at radius 1 is 1.22 bits per heavy atom. The number of hydrogen-bond acceptors (Lipinski definition) is 5. The third kappa shape index (κ3) is 4.94. The van der Waals surface area contributed by atoms with Gasteiger partial charge in [-0.25, -0.2) is 13.4 Å². The number of halogens is 1. The normalized spacial score (nSPS) is 11.0. The Labute approximate surface area is 139 Å². The molecule has 0 fully saturated rings. The van der Waals surface area contributed by atoms with Crippen LogP contribution in [0.5, 0.6) is 5.88 Å². The predicted octanol–water partition coefficient (Wildman–Crippen LogP) is 2.55. The Morgan fingerprint density at radius 3 is 2.48 bits per heavy atom. The fraction of sp³-hybridized carbons (Fsp3) is 0.200. The van der Waals surface area contributed by atoms with Crippen molar-refractivity contribution in [2.45, 2.75) is 11.3 Å². The molecule has 0 spiro atoms. The second kappa shape index (κ2) is 7.43. The lowest BCUT2D eigenvalue weighted by molar-refractivity contribution is -0.115. The third-order valence-corrected chi connectivity index (χ3v) is 4.98. The van der Waals surface area contributed by atoms with Gasteiger partial charge in [0.25, 0.3) is 0 Å². The first-order valence-electron chi connectivity index (χ1n) is 6.69. The zero-order valence-electron chi connectivity index (χ0n) is 12.3. The minimum Gasteiger partial charge on any atom is -0.481 e. The molecule has 0 aliphatic heterocycles. The quantitative estimate of drug-likeness (QED) is 0.861. The van der Waals surface area contributed by atoms with Gasteiger partial charge in [0.1, 0.15) is 0 Å². The van der Waals surface area contributed by atoms with Crippen molar-refractivity contribution in [2.24, 2.45) is 0 Å². The summed E-state index contributed by atoms with van der Waals surface area (Å²) in [6, 6.07) is 9.05. The minimum absolute atomic E-state index is 0.140. The van der Waals surface area contributed by atoms with Crippen molar-refractivity contribution < 1.29 is 17.9 Å². The molecule has 1 amide bonds. The number of anilines is 1. The highest BCUT2D eigenvalue weighted by Gasteiger charge is 2.16. The summed E-state index contributed by atoms with van der Waals surface area (Å²) in [5.41, 5.74) is 0.472. The van der Waals surface area contributed by atoms with E-state index in [4.69, 9.17) is 16.3 Å². The van der Waals surface area contributed by atoms with E-state index in [0.29, 0.717) is 16.6 Å². The number of nitrogens with zero attached hydrogens (tertiary/aromatic N) is 1. The van der Waals surface area contributed by atoms with Crippen molar-refractivity contribution in [3.8, 4) is 5.88 Å². The van der Waals surface area contributed by atoms with Gasteiger partial charge in [-0.05, 0) is 30.3 Å². The molecule has 0 atom stereocenters. The first-order valence-corrected chi connectivity index (χ1v) is 8.72. The molecular weight excluding hydrogens is 340 g/mol. The summed E-state index contributed by atoms with van der Waals surface area (Å²) in [6.07, 6.45) is 1.28. The van der Waals surface area contributed by atoms with Crippen LogP contribution in [0.4, 0.5) is 5.69 Å². The van der Waals surface area contributed by atoms with Crippen LogP contribution >= 0.6 is 11.6 Å². The Kier molecular flexibility index (Phi) is 5.57. The van der Waals surface area contributed by atoms with Gasteiger partial charge < -0.3 is 10.1 Å². The lowest BCUT2D eigenvalue weighted by Gasteiger charge is -2.07. The second-order valence-corrected chi connectivity index (χ2v) is 7.21. The van der Waals surface area contributed by atoms with Crippen molar-refractivity contribution >= 4 is 33.0 Å². The van der Waals surface area contributed by atoms with Crippen molar-refractivity contribution in [3.63, 3.8) is 0 Å². The average molecular weight is 355 g/mol. The van der Waals surface area contributed by atoms with Gasteiger partial charge in [-0.15, -0.1) is 0 Å². The van der Waals surface area contributed by atoms with Crippen LogP contribution in [0.25, 0.3) is 0 Å². The lowest BCUT2D eigenvalue weighted by Crippen LogP contribution is -2.17. The molecule has 2 rings (SSSR count). The predicted molar refractivity (Wildman–Crippen MR) is 87.5 cm³/mol. The van der Waals surface area contributed by atoms with Gasteiger partial charge in [-0.1, -0.05) is 11.6 Å². The maximum atomic E-state index is 12.1. The van der Waals surface area contributed by atoms with Gasteiger partial charge in [-0.3, -0.25) is 4.79 Å². The van der Waals surface area contributed by atoms with Crippen LogP contribution in [0.1, 0.15) is 6.42 Å². The number of ether oxygens (including phenoxy) is 1. The van der Waals surface area contributed by atoms with Crippen LogP contribution in [0, 0.1) is 0 Å². The fourth-order valence-corrected chi connectivity index (χ4v) is 3.15. The first kappa shape index (κ1) is 17.2. The molecule has 0 radical (unpaired) electrons. The summed E-state index contributed by atoms with van der Waals surface area (Å²) in [5.74, 6) is -0.271. The number of benzene rings is 1. The van der Waals surface area contributed by atoms with E-state index >= 15 is 0 Å². The average Bonchev–Trinajstić information content (AvgIpc) is 2.54. The van der Waals surface area contributed by atoms with Gasteiger partial charge >= 0.3 is 0 Å². The lowest BCUT2D eigenvalue weighted by atomic mass is 10.4. The van der Waals surface area contributed by atoms with Gasteiger partial charge in [0.05, 0.1) is 29.6 Å². The molecule has 1 aromatic carbocycles. The molecule has 23 heavy (non-hydrogen) atoms. The highest BCUT2D eigenvalue weighted by atomic mass is 35.5. The molecule has 6 nitrogen and oxygen atoms in total. The van der Waals surface area contributed by atoms with E-state index < -0.39 is 15.7 Å². The monoisotopic (exact) mass is 354 g/mol. The van der Waals surface area contributed by atoms with E-state index in [0.717, 1.165) is 0 Å². The molecule has 8 heteroatoms. The molecule has 1 N–H and O–H groups in total. The van der Waals surface area contributed by atoms with E-state index in [2.05, 4.69) is 10.3 Å². The van der Waals surface area contributed by atoms with Crippen LogP contribution in [0.2, 0.25) is 5.02 Å². The zero-order valence-corrected chi connectivity index (χ0v) is 13.9. The smallest absolute Gasteiger partial charge is 0.225 e. The van der Waals surface area contributed by atoms with Crippen LogP contribution in [0.3, 0.4) is 0 Å². The number of carbonyl (C=O) groups excluding carboxylic acids is 1. The molecule has 2 aromatic rings. The Morgan fingerprint density at radius 2 is 1.91 bits per heavy atom. The maximum Gasteiger partial charge on any atom is 0.225 e. The number of aromatic nitrogens is 1. The SMILES string of the molecule is COc1ccc(NC(=O)CCS(=O)(=O)c2ccc(Cl)cc2)cn1. The van der Waals surface area contributed by atoms with Crippen molar-refractivity contribution in [2.75, 3.05) is 18.2 Å². The van der Waals surface area contributed by atoms with Gasteiger partial charge in [0, 0.05) is 17.5 Å². The molecule has 0 aliphatic carbocycles. The molecule has 1 heterocycles. The minimum atomic E-state index is -3.53. The summed E-state index contributed by atoms with van der Waals surface area (Å²) >= 11 is 5.73. The Balaban J connectivity index is 1.93. The molecule has 0 unspecified atom stereocenters. The number of sulfone groups is 1. The molecule has 0 bridgehead atoms. The zero-order chi connectivity index (χ0) is 16.9. The number of rotatable bonds is 6. The Hall–Kier alpha value is -2.12.